The molecule has 0 radical (unpaired) electrons. The molecule has 0 aromatic heterocycles. The number of ether oxygens (including phenoxy) is 1. The van der Waals surface area contributed by atoms with E-state index in [-0.39, 0.29) is 11.3 Å². The SMILES string of the molecule is COCCNC(=O)c1cc(N)ccc1Nc1cccc(C(F)(F)F)c1. The van der Waals surface area contributed by atoms with Gasteiger partial charge < -0.3 is 21.1 Å². The third kappa shape index (κ3) is 5.12. The third-order valence-corrected chi connectivity index (χ3v) is 3.35. The summed E-state index contributed by atoms with van der Waals surface area (Å²) in [7, 11) is 1.51. The molecule has 0 bridgehead atoms. The second-order valence-electron chi connectivity index (χ2n) is 5.26. The predicted octanol–water partition coefficient (Wildman–Crippen LogP) is 3.41. The molecule has 25 heavy (non-hydrogen) atoms. The monoisotopic (exact) mass is 353 g/mol. The first kappa shape index (κ1) is 18.6. The van der Waals surface area contributed by atoms with E-state index in [2.05, 4.69) is 10.6 Å². The molecule has 8 heteroatoms. The zero-order valence-corrected chi connectivity index (χ0v) is 13.5. The topological polar surface area (TPSA) is 76.4 Å². The molecule has 0 unspecified atom stereocenters. The maximum atomic E-state index is 12.8. The van der Waals surface area contributed by atoms with Gasteiger partial charge in [-0.2, -0.15) is 13.2 Å². The number of hydrogen-bond donors (Lipinski definition) is 3. The van der Waals surface area contributed by atoms with Crippen molar-refractivity contribution in [1.29, 1.82) is 0 Å². The molecule has 0 aliphatic carbocycles. The summed E-state index contributed by atoms with van der Waals surface area (Å²) in [5.41, 5.74) is 6.10. The van der Waals surface area contributed by atoms with Crippen LogP contribution in [-0.4, -0.2) is 26.2 Å². The molecule has 0 aliphatic rings. The summed E-state index contributed by atoms with van der Waals surface area (Å²) in [5.74, 6) is -0.404. The lowest BCUT2D eigenvalue weighted by molar-refractivity contribution is -0.137. The van der Waals surface area contributed by atoms with E-state index < -0.39 is 17.6 Å². The van der Waals surface area contributed by atoms with Gasteiger partial charge in [-0.1, -0.05) is 6.07 Å². The molecule has 4 N–H and O–H groups in total. The number of benzene rings is 2. The normalized spacial score (nSPS) is 11.2. The molecule has 134 valence electrons. The number of hydrogen-bond acceptors (Lipinski definition) is 4. The van der Waals surface area contributed by atoms with Crippen molar-refractivity contribution in [2.24, 2.45) is 0 Å². The summed E-state index contributed by atoms with van der Waals surface area (Å²) in [6.07, 6.45) is -4.45. The summed E-state index contributed by atoms with van der Waals surface area (Å²) in [6, 6.07) is 9.29. The molecule has 0 atom stereocenters. The summed E-state index contributed by atoms with van der Waals surface area (Å²) in [6.45, 7) is 0.636. The number of anilines is 3. The van der Waals surface area contributed by atoms with Crippen LogP contribution in [0.2, 0.25) is 0 Å². The van der Waals surface area contributed by atoms with E-state index in [9.17, 15) is 18.0 Å². The molecule has 2 aromatic rings. The highest BCUT2D eigenvalue weighted by molar-refractivity contribution is 6.01. The van der Waals surface area contributed by atoms with Crippen LogP contribution in [0, 0.1) is 0 Å². The van der Waals surface area contributed by atoms with Crippen LogP contribution in [0.25, 0.3) is 0 Å². The summed E-state index contributed by atoms with van der Waals surface area (Å²) in [5, 5.41) is 5.49. The number of nitrogens with two attached hydrogens (primary N) is 1. The first-order valence-corrected chi connectivity index (χ1v) is 7.42. The third-order valence-electron chi connectivity index (χ3n) is 3.35. The number of rotatable bonds is 6. The van der Waals surface area contributed by atoms with Crippen molar-refractivity contribution < 1.29 is 22.7 Å². The lowest BCUT2D eigenvalue weighted by atomic mass is 10.1. The van der Waals surface area contributed by atoms with Crippen molar-refractivity contribution in [2.75, 3.05) is 31.3 Å². The van der Waals surface area contributed by atoms with Crippen LogP contribution in [0.1, 0.15) is 15.9 Å². The predicted molar refractivity (Wildman–Crippen MR) is 89.8 cm³/mol. The highest BCUT2D eigenvalue weighted by Crippen LogP contribution is 2.32. The van der Waals surface area contributed by atoms with E-state index in [0.29, 0.717) is 24.5 Å². The summed E-state index contributed by atoms with van der Waals surface area (Å²) >= 11 is 0. The minimum Gasteiger partial charge on any atom is -0.399 e. The molecular weight excluding hydrogens is 335 g/mol. The molecule has 0 heterocycles. The van der Waals surface area contributed by atoms with Gasteiger partial charge in [-0.25, -0.2) is 0 Å². The van der Waals surface area contributed by atoms with Gasteiger partial charge in [-0.15, -0.1) is 0 Å². The van der Waals surface area contributed by atoms with E-state index in [1.54, 1.807) is 12.1 Å². The highest BCUT2D eigenvalue weighted by Gasteiger charge is 2.30. The Morgan fingerprint density at radius 3 is 2.64 bits per heavy atom. The number of methoxy groups -OCH3 is 1. The average Bonchev–Trinajstić information content (AvgIpc) is 2.56. The van der Waals surface area contributed by atoms with Crippen LogP contribution in [-0.2, 0) is 10.9 Å². The van der Waals surface area contributed by atoms with Gasteiger partial charge in [0.1, 0.15) is 0 Å². The van der Waals surface area contributed by atoms with Crippen molar-refractivity contribution in [2.45, 2.75) is 6.18 Å². The summed E-state index contributed by atoms with van der Waals surface area (Å²) in [4.78, 5) is 12.3. The van der Waals surface area contributed by atoms with Crippen molar-refractivity contribution in [3.8, 4) is 0 Å². The zero-order valence-electron chi connectivity index (χ0n) is 13.5. The standard InChI is InChI=1S/C17H18F3N3O2/c1-25-8-7-22-16(24)14-10-12(21)5-6-15(14)23-13-4-2-3-11(9-13)17(18,19)20/h2-6,9-10,23H,7-8,21H2,1H3,(H,22,24). The van der Waals surface area contributed by atoms with E-state index >= 15 is 0 Å². The number of nitrogen functional groups attached to an aromatic ring is 1. The fourth-order valence-electron chi connectivity index (χ4n) is 2.15. The van der Waals surface area contributed by atoms with Gasteiger partial charge in [-0.05, 0) is 36.4 Å². The molecule has 0 fully saturated rings. The smallest absolute Gasteiger partial charge is 0.399 e. The van der Waals surface area contributed by atoms with Crippen LogP contribution in [0.4, 0.5) is 30.2 Å². The number of amides is 1. The molecule has 0 saturated carbocycles. The molecule has 2 aromatic carbocycles. The number of nitrogens with one attached hydrogen (secondary N) is 2. The largest absolute Gasteiger partial charge is 0.416 e. The number of alkyl halides is 3. The Morgan fingerprint density at radius 2 is 1.96 bits per heavy atom. The van der Waals surface area contributed by atoms with Crippen molar-refractivity contribution in [3.63, 3.8) is 0 Å². The fraction of sp³-hybridized carbons (Fsp3) is 0.235. The summed E-state index contributed by atoms with van der Waals surface area (Å²) < 4.78 is 43.3. The van der Waals surface area contributed by atoms with Crippen LogP contribution in [0.3, 0.4) is 0 Å². The molecule has 0 saturated heterocycles. The lowest BCUT2D eigenvalue weighted by Gasteiger charge is -2.14. The van der Waals surface area contributed by atoms with Gasteiger partial charge >= 0.3 is 6.18 Å². The first-order valence-electron chi connectivity index (χ1n) is 7.42. The van der Waals surface area contributed by atoms with E-state index in [1.807, 2.05) is 0 Å². The van der Waals surface area contributed by atoms with Crippen LogP contribution in [0.5, 0.6) is 0 Å². The Hall–Kier alpha value is -2.74. The van der Waals surface area contributed by atoms with Gasteiger partial charge in [0.15, 0.2) is 0 Å². The van der Waals surface area contributed by atoms with Gasteiger partial charge in [0.2, 0.25) is 0 Å². The van der Waals surface area contributed by atoms with Gasteiger partial charge in [0, 0.05) is 25.0 Å². The van der Waals surface area contributed by atoms with Crippen molar-refractivity contribution in [1.82, 2.24) is 5.32 Å². The second kappa shape index (κ2) is 7.89. The first-order chi connectivity index (χ1) is 11.8. The Kier molecular flexibility index (Phi) is 5.87. The zero-order chi connectivity index (χ0) is 18.4. The number of carbonyl (C=O) groups is 1. The van der Waals surface area contributed by atoms with Gasteiger partial charge in [0.05, 0.1) is 23.4 Å². The number of carbonyl (C=O) groups excluding carboxylic acids is 1. The Bertz CT molecular complexity index is 748. The van der Waals surface area contributed by atoms with Crippen LogP contribution >= 0.6 is 0 Å². The van der Waals surface area contributed by atoms with E-state index in [4.69, 9.17) is 10.5 Å². The van der Waals surface area contributed by atoms with Crippen molar-refractivity contribution in [3.05, 3.63) is 53.6 Å². The maximum Gasteiger partial charge on any atom is 0.416 e. The molecule has 1 amide bonds. The fourth-order valence-corrected chi connectivity index (χ4v) is 2.15. The molecular formula is C17H18F3N3O2. The van der Waals surface area contributed by atoms with E-state index in [1.165, 1.54) is 25.3 Å². The molecule has 5 nitrogen and oxygen atoms in total. The van der Waals surface area contributed by atoms with Gasteiger partial charge in [-0.3, -0.25) is 4.79 Å². The minimum atomic E-state index is -4.45. The Morgan fingerprint density at radius 1 is 1.20 bits per heavy atom. The van der Waals surface area contributed by atoms with Crippen LogP contribution < -0.4 is 16.4 Å². The molecule has 0 aliphatic heterocycles. The second-order valence-corrected chi connectivity index (χ2v) is 5.26. The Labute approximate surface area is 143 Å². The van der Waals surface area contributed by atoms with Crippen LogP contribution in [0.15, 0.2) is 42.5 Å². The van der Waals surface area contributed by atoms with Crippen molar-refractivity contribution >= 4 is 23.0 Å². The lowest BCUT2D eigenvalue weighted by Crippen LogP contribution is -2.27. The van der Waals surface area contributed by atoms with E-state index in [0.717, 1.165) is 12.1 Å². The Balaban J connectivity index is 2.26. The maximum absolute atomic E-state index is 12.8. The highest BCUT2D eigenvalue weighted by atomic mass is 19.4. The quantitative estimate of drug-likeness (QED) is 0.549. The molecule has 0 spiro atoms. The average molecular weight is 353 g/mol. The minimum absolute atomic E-state index is 0.213. The molecule has 2 rings (SSSR count). The van der Waals surface area contributed by atoms with Gasteiger partial charge in [0.25, 0.3) is 5.91 Å². The number of halogens is 3.